The van der Waals surface area contributed by atoms with E-state index in [1.54, 1.807) is 0 Å². The minimum Gasteiger partial charge on any atom is -0.480 e. The van der Waals surface area contributed by atoms with Crippen molar-refractivity contribution in [3.63, 3.8) is 0 Å². The molecule has 94 valence electrons. The molecule has 0 fully saturated rings. The third-order valence-electron chi connectivity index (χ3n) is 1.96. The van der Waals surface area contributed by atoms with Gasteiger partial charge in [0.1, 0.15) is 6.04 Å². The summed E-state index contributed by atoms with van der Waals surface area (Å²) in [4.78, 5) is 21.9. The van der Waals surface area contributed by atoms with Crippen LogP contribution in [0.5, 0.6) is 0 Å². The fourth-order valence-electron chi connectivity index (χ4n) is 1.24. The average molecular weight is 235 g/mol. The molecule has 2 N–H and O–H groups in total. The summed E-state index contributed by atoms with van der Waals surface area (Å²) >= 11 is 0. The Morgan fingerprint density at radius 1 is 1.19 bits per heavy atom. The number of carboxylic acids is 1. The van der Waals surface area contributed by atoms with Crippen LogP contribution in [-0.2, 0) is 19.0 Å². The van der Waals surface area contributed by atoms with E-state index in [9.17, 15) is 9.59 Å². The van der Waals surface area contributed by atoms with Gasteiger partial charge in [-0.3, -0.25) is 0 Å². The van der Waals surface area contributed by atoms with Gasteiger partial charge < -0.3 is 24.6 Å². The van der Waals surface area contributed by atoms with Crippen LogP contribution in [0.15, 0.2) is 0 Å². The molecule has 1 amide bonds. The lowest BCUT2D eigenvalue weighted by atomic mass is 10.0. The zero-order valence-electron chi connectivity index (χ0n) is 9.56. The van der Waals surface area contributed by atoms with Gasteiger partial charge in [-0.2, -0.15) is 0 Å². The Morgan fingerprint density at radius 3 is 2.00 bits per heavy atom. The molecule has 0 aromatic rings. The number of aliphatic carboxylic acids is 1. The maximum absolute atomic E-state index is 11.0. The first kappa shape index (κ1) is 14.7. The van der Waals surface area contributed by atoms with Gasteiger partial charge >= 0.3 is 12.1 Å². The molecule has 0 rings (SSSR count). The number of rotatable bonds is 7. The van der Waals surface area contributed by atoms with Gasteiger partial charge in [0.2, 0.25) is 0 Å². The van der Waals surface area contributed by atoms with Crippen LogP contribution < -0.4 is 5.32 Å². The molecule has 0 aliphatic carbocycles. The predicted octanol–water partition coefficient (Wildman–Crippen LogP) is -0.295. The number of carbonyl (C=O) groups excluding carboxylic acids is 1. The number of carboxylic acid groups (broad SMARTS) is 1. The monoisotopic (exact) mass is 235 g/mol. The van der Waals surface area contributed by atoms with Crippen molar-refractivity contribution in [1.82, 2.24) is 5.32 Å². The minimum atomic E-state index is -1.16. The summed E-state index contributed by atoms with van der Waals surface area (Å²) in [5, 5.41) is 11.2. The summed E-state index contributed by atoms with van der Waals surface area (Å²) in [6.45, 7) is 0.323. The van der Waals surface area contributed by atoms with Crippen LogP contribution in [0.4, 0.5) is 4.79 Å². The molecule has 1 unspecified atom stereocenters. The molecule has 0 aromatic heterocycles. The van der Waals surface area contributed by atoms with E-state index in [1.807, 2.05) is 0 Å². The summed E-state index contributed by atoms with van der Waals surface area (Å²) in [5.41, 5.74) is 0. The molecule has 0 heterocycles. The highest BCUT2D eigenvalue weighted by Gasteiger charge is 2.30. The average Bonchev–Trinajstić information content (AvgIpc) is 2.25. The maximum Gasteiger partial charge on any atom is 0.407 e. The quantitative estimate of drug-likeness (QED) is 0.629. The van der Waals surface area contributed by atoms with Crippen molar-refractivity contribution >= 4 is 12.1 Å². The van der Waals surface area contributed by atoms with Crippen molar-refractivity contribution in [2.24, 2.45) is 5.92 Å². The topological polar surface area (TPSA) is 94.1 Å². The summed E-state index contributed by atoms with van der Waals surface area (Å²) in [7, 11) is 4.05. The van der Waals surface area contributed by atoms with Crippen molar-refractivity contribution in [2.45, 2.75) is 6.04 Å². The number of alkyl carbamates (subject to hydrolysis) is 1. The van der Waals surface area contributed by atoms with Crippen LogP contribution in [0.25, 0.3) is 0 Å². The van der Waals surface area contributed by atoms with E-state index in [0.717, 1.165) is 7.11 Å². The molecule has 0 saturated heterocycles. The van der Waals surface area contributed by atoms with Gasteiger partial charge in [-0.1, -0.05) is 0 Å². The molecule has 7 heteroatoms. The molecular formula is C9H17NO6. The highest BCUT2D eigenvalue weighted by molar-refractivity contribution is 5.80. The minimum absolute atomic E-state index is 0.162. The van der Waals surface area contributed by atoms with Crippen LogP contribution in [0.1, 0.15) is 0 Å². The molecule has 16 heavy (non-hydrogen) atoms. The SMILES string of the molecule is COCC(COC)C(NC(=O)OC)C(=O)O. The lowest BCUT2D eigenvalue weighted by Gasteiger charge is -2.22. The number of hydrogen-bond acceptors (Lipinski definition) is 5. The Hall–Kier alpha value is -1.34. The molecule has 0 spiro atoms. The van der Waals surface area contributed by atoms with Gasteiger partial charge in [0.25, 0.3) is 0 Å². The summed E-state index contributed by atoms with van der Waals surface area (Å²) in [6.07, 6.45) is -0.801. The lowest BCUT2D eigenvalue weighted by molar-refractivity contribution is -0.142. The smallest absolute Gasteiger partial charge is 0.407 e. The first-order chi connectivity index (χ1) is 7.56. The third kappa shape index (κ3) is 4.94. The second-order valence-corrected chi connectivity index (χ2v) is 3.12. The van der Waals surface area contributed by atoms with E-state index in [1.165, 1.54) is 14.2 Å². The normalized spacial score (nSPS) is 12.2. The number of nitrogens with one attached hydrogen (secondary N) is 1. The number of methoxy groups -OCH3 is 3. The molecule has 0 bridgehead atoms. The van der Waals surface area contributed by atoms with Gasteiger partial charge in [-0.15, -0.1) is 0 Å². The highest BCUT2D eigenvalue weighted by atomic mass is 16.5. The Labute approximate surface area is 93.7 Å². The van der Waals surface area contributed by atoms with E-state index in [-0.39, 0.29) is 13.2 Å². The van der Waals surface area contributed by atoms with Gasteiger partial charge in [-0.05, 0) is 0 Å². The van der Waals surface area contributed by atoms with Crippen LogP contribution in [0.3, 0.4) is 0 Å². The molecule has 0 aliphatic rings. The standard InChI is InChI=1S/C9H17NO6/c1-14-4-6(5-15-2)7(8(11)12)10-9(13)16-3/h6-7H,4-5H2,1-3H3,(H,10,13)(H,11,12). The largest absolute Gasteiger partial charge is 0.480 e. The highest BCUT2D eigenvalue weighted by Crippen LogP contribution is 2.06. The van der Waals surface area contributed by atoms with Crippen molar-refractivity contribution < 1.29 is 28.9 Å². The molecule has 0 radical (unpaired) electrons. The van der Waals surface area contributed by atoms with Crippen molar-refractivity contribution in [1.29, 1.82) is 0 Å². The van der Waals surface area contributed by atoms with E-state index in [4.69, 9.17) is 14.6 Å². The van der Waals surface area contributed by atoms with Crippen molar-refractivity contribution in [2.75, 3.05) is 34.5 Å². The lowest BCUT2D eigenvalue weighted by Crippen LogP contribution is -2.48. The van der Waals surface area contributed by atoms with Gasteiger partial charge in [-0.25, -0.2) is 9.59 Å². The second-order valence-electron chi connectivity index (χ2n) is 3.12. The Morgan fingerprint density at radius 2 is 1.69 bits per heavy atom. The molecular weight excluding hydrogens is 218 g/mol. The zero-order chi connectivity index (χ0) is 12.6. The van der Waals surface area contributed by atoms with Crippen LogP contribution in [-0.4, -0.2) is 57.8 Å². The van der Waals surface area contributed by atoms with E-state index >= 15 is 0 Å². The first-order valence-electron chi connectivity index (χ1n) is 4.62. The second kappa shape index (κ2) is 7.89. The number of ether oxygens (including phenoxy) is 3. The van der Waals surface area contributed by atoms with Gasteiger partial charge in [0, 0.05) is 20.1 Å². The number of hydrogen-bond donors (Lipinski definition) is 2. The van der Waals surface area contributed by atoms with Gasteiger partial charge in [0.15, 0.2) is 0 Å². The van der Waals surface area contributed by atoms with Crippen molar-refractivity contribution in [3.05, 3.63) is 0 Å². The number of carbonyl (C=O) groups is 2. The molecule has 0 saturated carbocycles. The van der Waals surface area contributed by atoms with Crippen molar-refractivity contribution in [3.8, 4) is 0 Å². The van der Waals surface area contributed by atoms with E-state index < -0.39 is 24.0 Å². The Balaban J connectivity index is 4.56. The Kier molecular flexibility index (Phi) is 7.23. The first-order valence-corrected chi connectivity index (χ1v) is 4.62. The summed E-state index contributed by atoms with van der Waals surface area (Å²) < 4.78 is 14.1. The summed E-state index contributed by atoms with van der Waals surface area (Å²) in [6, 6.07) is -1.10. The molecule has 0 aliphatic heterocycles. The fourth-order valence-corrected chi connectivity index (χ4v) is 1.24. The predicted molar refractivity (Wildman–Crippen MR) is 54.2 cm³/mol. The molecule has 1 atom stereocenters. The van der Waals surface area contributed by atoms with Crippen LogP contribution in [0.2, 0.25) is 0 Å². The molecule has 0 aromatic carbocycles. The van der Waals surface area contributed by atoms with Crippen LogP contribution in [0, 0.1) is 5.92 Å². The van der Waals surface area contributed by atoms with Gasteiger partial charge in [0.05, 0.1) is 20.3 Å². The zero-order valence-corrected chi connectivity index (χ0v) is 9.56. The third-order valence-corrected chi connectivity index (χ3v) is 1.96. The molecule has 7 nitrogen and oxygen atoms in total. The maximum atomic E-state index is 11.0. The fraction of sp³-hybridized carbons (Fsp3) is 0.778. The van der Waals surface area contributed by atoms with Crippen LogP contribution >= 0.6 is 0 Å². The summed E-state index contributed by atoms with van der Waals surface area (Å²) in [5.74, 6) is -1.64. The van der Waals surface area contributed by atoms with E-state index in [2.05, 4.69) is 10.1 Å². The Bertz CT molecular complexity index is 226. The van der Waals surface area contributed by atoms with E-state index in [0.29, 0.717) is 0 Å². The number of amides is 1.